The molecule has 13 heavy (non-hydrogen) atoms. The van der Waals surface area contributed by atoms with Gasteiger partial charge in [-0.05, 0) is 32.1 Å². The maximum absolute atomic E-state index is 10.1. The van der Waals surface area contributed by atoms with Gasteiger partial charge in [0.25, 0.3) is 0 Å². The molecule has 1 nitrogen and oxygen atoms in total. The van der Waals surface area contributed by atoms with Gasteiger partial charge >= 0.3 is 0 Å². The Kier molecular flexibility index (Phi) is 4.24. The van der Waals surface area contributed by atoms with Crippen LogP contribution < -0.4 is 0 Å². The summed E-state index contributed by atoms with van der Waals surface area (Å²) < 4.78 is 0. The number of hydrogen-bond acceptors (Lipinski definition) is 1. The van der Waals surface area contributed by atoms with Crippen molar-refractivity contribution >= 4 is 0 Å². The molecule has 0 aromatic rings. The lowest BCUT2D eigenvalue weighted by Crippen LogP contribution is -2.37. The molecule has 0 amide bonds. The minimum atomic E-state index is -0.355. The highest BCUT2D eigenvalue weighted by atomic mass is 16.3. The van der Waals surface area contributed by atoms with Crippen LogP contribution in [0.3, 0.4) is 0 Å². The predicted octanol–water partition coefficient (Wildman–Crippen LogP) is 3.51. The Balaban J connectivity index is 2.29. The van der Waals surface area contributed by atoms with Crippen molar-refractivity contribution in [2.24, 2.45) is 5.92 Å². The molecule has 1 heteroatoms. The first-order valence-corrected chi connectivity index (χ1v) is 5.89. The highest BCUT2D eigenvalue weighted by Gasteiger charge is 2.33. The zero-order valence-electron chi connectivity index (χ0n) is 9.18. The molecule has 0 spiro atoms. The van der Waals surface area contributed by atoms with E-state index in [1.54, 1.807) is 0 Å². The molecular weight excluding hydrogens is 160 g/mol. The quantitative estimate of drug-likeness (QED) is 0.663. The van der Waals surface area contributed by atoms with Crippen LogP contribution >= 0.6 is 0 Å². The van der Waals surface area contributed by atoms with E-state index >= 15 is 0 Å². The highest BCUT2D eigenvalue weighted by molar-refractivity contribution is 4.85. The normalized spacial score (nSPS) is 34.8. The van der Waals surface area contributed by atoms with Gasteiger partial charge in [0, 0.05) is 0 Å². The SMILES string of the molecule is CCCCCC1CCCCC1(C)O. The Morgan fingerprint density at radius 3 is 2.69 bits per heavy atom. The fraction of sp³-hybridized carbons (Fsp3) is 1.00. The molecule has 0 saturated heterocycles. The van der Waals surface area contributed by atoms with E-state index in [0.29, 0.717) is 5.92 Å². The molecule has 0 heterocycles. The van der Waals surface area contributed by atoms with Crippen LogP contribution in [0.4, 0.5) is 0 Å². The van der Waals surface area contributed by atoms with Gasteiger partial charge in [0.2, 0.25) is 0 Å². The lowest BCUT2D eigenvalue weighted by molar-refractivity contribution is -0.0357. The van der Waals surface area contributed by atoms with Crippen LogP contribution in [0.25, 0.3) is 0 Å². The Morgan fingerprint density at radius 2 is 2.08 bits per heavy atom. The largest absolute Gasteiger partial charge is 0.390 e. The fourth-order valence-electron chi connectivity index (χ4n) is 2.48. The summed E-state index contributed by atoms with van der Waals surface area (Å²) in [7, 11) is 0. The molecule has 78 valence electrons. The molecule has 0 radical (unpaired) electrons. The third kappa shape index (κ3) is 3.30. The maximum atomic E-state index is 10.1. The zero-order valence-corrected chi connectivity index (χ0v) is 9.18. The van der Waals surface area contributed by atoms with Gasteiger partial charge in [-0.15, -0.1) is 0 Å². The topological polar surface area (TPSA) is 20.2 Å². The third-order valence-corrected chi connectivity index (χ3v) is 3.52. The van der Waals surface area contributed by atoms with Crippen LogP contribution in [-0.2, 0) is 0 Å². The van der Waals surface area contributed by atoms with E-state index in [2.05, 4.69) is 6.92 Å². The second-order valence-electron chi connectivity index (χ2n) is 4.80. The van der Waals surface area contributed by atoms with Gasteiger partial charge in [0.05, 0.1) is 5.60 Å². The number of rotatable bonds is 4. The van der Waals surface area contributed by atoms with Gasteiger partial charge in [-0.1, -0.05) is 39.0 Å². The van der Waals surface area contributed by atoms with E-state index in [1.807, 2.05) is 6.92 Å². The molecule has 0 aliphatic heterocycles. The van der Waals surface area contributed by atoms with Crippen molar-refractivity contribution in [1.29, 1.82) is 0 Å². The van der Waals surface area contributed by atoms with E-state index in [4.69, 9.17) is 0 Å². The van der Waals surface area contributed by atoms with E-state index in [9.17, 15) is 5.11 Å². The first-order chi connectivity index (χ1) is 6.17. The van der Waals surface area contributed by atoms with E-state index in [1.165, 1.54) is 44.9 Å². The average molecular weight is 184 g/mol. The van der Waals surface area contributed by atoms with Gasteiger partial charge in [0.15, 0.2) is 0 Å². The molecule has 2 atom stereocenters. The lowest BCUT2D eigenvalue weighted by Gasteiger charge is -2.37. The second kappa shape index (κ2) is 4.99. The summed E-state index contributed by atoms with van der Waals surface area (Å²) in [6, 6.07) is 0. The van der Waals surface area contributed by atoms with Crippen molar-refractivity contribution < 1.29 is 5.11 Å². The van der Waals surface area contributed by atoms with Crippen LogP contribution in [0.15, 0.2) is 0 Å². The molecule has 0 aromatic heterocycles. The number of unbranched alkanes of at least 4 members (excludes halogenated alkanes) is 2. The van der Waals surface area contributed by atoms with E-state index in [0.717, 1.165) is 6.42 Å². The molecule has 1 aliphatic rings. The molecule has 1 N–H and O–H groups in total. The van der Waals surface area contributed by atoms with Crippen molar-refractivity contribution in [3.63, 3.8) is 0 Å². The summed E-state index contributed by atoms with van der Waals surface area (Å²) in [6.45, 7) is 4.27. The first kappa shape index (κ1) is 11.0. The Labute approximate surface area is 82.5 Å². The second-order valence-corrected chi connectivity index (χ2v) is 4.80. The highest BCUT2D eigenvalue weighted by Crippen LogP contribution is 2.36. The van der Waals surface area contributed by atoms with Crippen molar-refractivity contribution in [2.75, 3.05) is 0 Å². The Bertz CT molecular complexity index is 140. The van der Waals surface area contributed by atoms with Crippen LogP contribution in [0.5, 0.6) is 0 Å². The van der Waals surface area contributed by atoms with Crippen LogP contribution in [0.1, 0.15) is 65.2 Å². The van der Waals surface area contributed by atoms with Crippen LogP contribution in [0.2, 0.25) is 0 Å². The Morgan fingerprint density at radius 1 is 1.31 bits per heavy atom. The van der Waals surface area contributed by atoms with Gasteiger partial charge in [0.1, 0.15) is 0 Å². The lowest BCUT2D eigenvalue weighted by atomic mass is 9.74. The summed E-state index contributed by atoms with van der Waals surface area (Å²) in [5.41, 5.74) is -0.355. The molecule has 0 bridgehead atoms. The standard InChI is InChI=1S/C12H24O/c1-3-4-5-8-11-9-6-7-10-12(11,2)13/h11,13H,3-10H2,1-2H3. The minimum absolute atomic E-state index is 0.355. The number of aliphatic hydroxyl groups is 1. The van der Waals surface area contributed by atoms with Gasteiger partial charge in [-0.25, -0.2) is 0 Å². The van der Waals surface area contributed by atoms with Crippen molar-refractivity contribution in [3.05, 3.63) is 0 Å². The molecule has 1 rings (SSSR count). The van der Waals surface area contributed by atoms with Gasteiger partial charge in [-0.2, -0.15) is 0 Å². The van der Waals surface area contributed by atoms with Crippen molar-refractivity contribution in [2.45, 2.75) is 70.8 Å². The van der Waals surface area contributed by atoms with Crippen molar-refractivity contribution in [3.8, 4) is 0 Å². The van der Waals surface area contributed by atoms with Gasteiger partial charge < -0.3 is 5.11 Å². The zero-order chi connectivity index (χ0) is 9.73. The smallest absolute Gasteiger partial charge is 0.0647 e. The maximum Gasteiger partial charge on any atom is 0.0647 e. The summed E-state index contributed by atoms with van der Waals surface area (Å²) in [5, 5.41) is 10.1. The summed E-state index contributed by atoms with van der Waals surface area (Å²) >= 11 is 0. The molecule has 1 aliphatic carbocycles. The molecule has 1 saturated carbocycles. The molecular formula is C12H24O. The fourth-order valence-corrected chi connectivity index (χ4v) is 2.48. The molecule has 0 aromatic carbocycles. The Hall–Kier alpha value is -0.0400. The summed E-state index contributed by atoms with van der Waals surface area (Å²) in [6.07, 6.45) is 9.96. The minimum Gasteiger partial charge on any atom is -0.390 e. The third-order valence-electron chi connectivity index (χ3n) is 3.52. The molecule has 1 fully saturated rings. The monoisotopic (exact) mass is 184 g/mol. The van der Waals surface area contributed by atoms with E-state index in [-0.39, 0.29) is 5.60 Å². The average Bonchev–Trinajstić information content (AvgIpc) is 2.08. The van der Waals surface area contributed by atoms with Crippen LogP contribution in [0, 0.1) is 5.92 Å². The first-order valence-electron chi connectivity index (χ1n) is 5.89. The van der Waals surface area contributed by atoms with E-state index < -0.39 is 0 Å². The van der Waals surface area contributed by atoms with Crippen molar-refractivity contribution in [1.82, 2.24) is 0 Å². The number of hydrogen-bond donors (Lipinski definition) is 1. The summed E-state index contributed by atoms with van der Waals surface area (Å²) in [4.78, 5) is 0. The summed E-state index contributed by atoms with van der Waals surface area (Å²) in [5.74, 6) is 0.577. The van der Waals surface area contributed by atoms with Gasteiger partial charge in [-0.3, -0.25) is 0 Å². The van der Waals surface area contributed by atoms with Crippen LogP contribution in [-0.4, -0.2) is 10.7 Å². The molecule has 2 unspecified atom stereocenters. The predicted molar refractivity (Wildman–Crippen MR) is 56.7 cm³/mol.